The van der Waals surface area contributed by atoms with Crippen molar-refractivity contribution in [2.24, 2.45) is 0 Å². The van der Waals surface area contributed by atoms with Crippen molar-refractivity contribution in [1.29, 1.82) is 0 Å². The van der Waals surface area contributed by atoms with E-state index < -0.39 is 0 Å². The number of aliphatic hydroxyl groups is 2. The first-order chi connectivity index (χ1) is 4.85. The molecule has 0 aliphatic rings. The lowest BCUT2D eigenvalue weighted by Gasteiger charge is -2.09. The summed E-state index contributed by atoms with van der Waals surface area (Å²) in [5, 5.41) is 17.1. The zero-order valence-electron chi connectivity index (χ0n) is 6.21. The third-order valence-corrected chi connectivity index (χ3v) is 1.36. The largest absolute Gasteiger partial charge is 0.396 e. The fourth-order valence-electron chi connectivity index (χ4n) is 0.849. The van der Waals surface area contributed by atoms with Crippen molar-refractivity contribution in [1.82, 2.24) is 0 Å². The highest BCUT2D eigenvalue weighted by Gasteiger charge is 2.04. The molecule has 0 saturated heterocycles. The maximum Gasteiger partial charge on any atom is 0.0436 e. The van der Waals surface area contributed by atoms with Gasteiger partial charge in [0.05, 0.1) is 0 Å². The van der Waals surface area contributed by atoms with Crippen LogP contribution in [0.4, 0.5) is 0 Å². The lowest BCUT2D eigenvalue weighted by molar-refractivity contribution is 0.265. The summed E-state index contributed by atoms with van der Waals surface area (Å²) in [6.07, 6.45) is 3.97. The van der Waals surface area contributed by atoms with Crippen LogP contribution in [-0.2, 0) is 0 Å². The maximum atomic E-state index is 8.55. The average Bonchev–Trinajstić information content (AvgIpc) is 1.90. The molecule has 0 spiro atoms. The molecule has 0 aromatic rings. The Bertz CT molecular complexity index is 75.3. The van der Waals surface area contributed by atoms with Gasteiger partial charge in [0.1, 0.15) is 0 Å². The van der Waals surface area contributed by atoms with Gasteiger partial charge in [-0.3, -0.25) is 0 Å². The highest BCUT2D eigenvalue weighted by molar-refractivity contribution is 4.95. The molecule has 0 saturated carbocycles. The van der Waals surface area contributed by atoms with E-state index in [0.717, 1.165) is 6.42 Å². The average molecular weight is 143 g/mol. The molecule has 59 valence electrons. The van der Waals surface area contributed by atoms with E-state index >= 15 is 0 Å². The predicted molar refractivity (Wildman–Crippen MR) is 41.5 cm³/mol. The van der Waals surface area contributed by atoms with E-state index in [4.69, 9.17) is 10.2 Å². The van der Waals surface area contributed by atoms with Crippen LogP contribution >= 0.6 is 0 Å². The van der Waals surface area contributed by atoms with Crippen LogP contribution in [0.3, 0.4) is 0 Å². The van der Waals surface area contributed by atoms with Crippen LogP contribution in [0.1, 0.15) is 19.3 Å². The van der Waals surface area contributed by atoms with Crippen LogP contribution < -0.4 is 0 Å². The fraction of sp³-hybridized carbons (Fsp3) is 0.625. The molecule has 2 heteroatoms. The maximum absolute atomic E-state index is 8.55. The van der Waals surface area contributed by atoms with E-state index in [9.17, 15) is 0 Å². The summed E-state index contributed by atoms with van der Waals surface area (Å²) < 4.78 is 0. The molecule has 10 heavy (non-hydrogen) atoms. The van der Waals surface area contributed by atoms with Crippen molar-refractivity contribution in [3.8, 4) is 0 Å². The van der Waals surface area contributed by atoms with Gasteiger partial charge >= 0.3 is 0 Å². The van der Waals surface area contributed by atoms with Crippen LogP contribution in [0.25, 0.3) is 0 Å². The van der Waals surface area contributed by atoms with E-state index in [1.165, 1.54) is 5.92 Å². The molecule has 1 radical (unpaired) electrons. The number of hydrogen-bond donors (Lipinski definition) is 2. The van der Waals surface area contributed by atoms with Gasteiger partial charge in [0.25, 0.3) is 0 Å². The highest BCUT2D eigenvalue weighted by atomic mass is 16.3. The van der Waals surface area contributed by atoms with Gasteiger partial charge in [-0.25, -0.2) is 0 Å². The van der Waals surface area contributed by atoms with Gasteiger partial charge in [0, 0.05) is 13.2 Å². The first-order valence-corrected chi connectivity index (χ1v) is 3.51. The van der Waals surface area contributed by atoms with Crippen molar-refractivity contribution in [3.05, 3.63) is 18.6 Å². The third-order valence-electron chi connectivity index (χ3n) is 1.36. The summed E-state index contributed by atoms with van der Waals surface area (Å²) in [4.78, 5) is 0. The Labute approximate surface area is 62.2 Å². The van der Waals surface area contributed by atoms with E-state index in [0.29, 0.717) is 12.8 Å². The minimum absolute atomic E-state index is 0.170. The van der Waals surface area contributed by atoms with Gasteiger partial charge in [-0.1, -0.05) is 6.08 Å². The molecule has 2 N–H and O–H groups in total. The molecular weight excluding hydrogens is 128 g/mol. The lowest BCUT2D eigenvalue weighted by Crippen LogP contribution is -2.01. The third kappa shape index (κ3) is 4.53. The Morgan fingerprint density at radius 3 is 2.00 bits per heavy atom. The zero-order valence-corrected chi connectivity index (χ0v) is 6.21. The molecule has 0 unspecified atom stereocenters. The zero-order chi connectivity index (χ0) is 7.82. The second-order valence-electron chi connectivity index (χ2n) is 2.19. The van der Waals surface area contributed by atoms with E-state index in [2.05, 4.69) is 6.58 Å². The van der Waals surface area contributed by atoms with Crippen molar-refractivity contribution in [2.45, 2.75) is 19.3 Å². The van der Waals surface area contributed by atoms with Gasteiger partial charge in [0.2, 0.25) is 0 Å². The Kier molecular flexibility index (Phi) is 6.55. The molecule has 0 aliphatic heterocycles. The van der Waals surface area contributed by atoms with Crippen LogP contribution in [0.2, 0.25) is 0 Å². The van der Waals surface area contributed by atoms with Gasteiger partial charge in [0.15, 0.2) is 0 Å². The Morgan fingerprint density at radius 2 is 1.70 bits per heavy atom. The summed E-state index contributed by atoms with van der Waals surface area (Å²) in [5.74, 6) is 1.17. The predicted octanol–water partition coefficient (Wildman–Crippen LogP) is 0.902. The summed E-state index contributed by atoms with van der Waals surface area (Å²) in [7, 11) is 0. The Hall–Kier alpha value is -0.340. The van der Waals surface area contributed by atoms with Crippen LogP contribution in [-0.4, -0.2) is 23.4 Å². The van der Waals surface area contributed by atoms with Crippen LogP contribution in [0, 0.1) is 5.92 Å². The quantitative estimate of drug-likeness (QED) is 0.542. The van der Waals surface area contributed by atoms with E-state index in [1.54, 1.807) is 6.08 Å². The first-order valence-electron chi connectivity index (χ1n) is 3.51. The molecular formula is C8H15O2. The van der Waals surface area contributed by atoms with Gasteiger partial charge in [-0.05, 0) is 25.2 Å². The molecule has 0 fully saturated rings. The topological polar surface area (TPSA) is 40.5 Å². The van der Waals surface area contributed by atoms with E-state index in [-0.39, 0.29) is 13.2 Å². The Morgan fingerprint density at radius 1 is 1.20 bits per heavy atom. The van der Waals surface area contributed by atoms with Gasteiger partial charge < -0.3 is 10.2 Å². The first kappa shape index (κ1) is 9.66. The summed E-state index contributed by atoms with van der Waals surface area (Å²) in [5.41, 5.74) is 0. The van der Waals surface area contributed by atoms with Crippen molar-refractivity contribution >= 4 is 0 Å². The minimum atomic E-state index is 0.170. The molecule has 0 aromatic heterocycles. The molecule has 0 aliphatic carbocycles. The fourth-order valence-corrected chi connectivity index (χ4v) is 0.849. The van der Waals surface area contributed by atoms with Gasteiger partial charge in [-0.2, -0.15) is 0 Å². The van der Waals surface area contributed by atoms with Crippen LogP contribution in [0.5, 0.6) is 0 Å². The Balaban J connectivity index is 3.38. The summed E-state index contributed by atoms with van der Waals surface area (Å²) in [6, 6.07) is 0. The summed E-state index contributed by atoms with van der Waals surface area (Å²) in [6.45, 7) is 3.92. The van der Waals surface area contributed by atoms with Crippen molar-refractivity contribution < 1.29 is 10.2 Å². The van der Waals surface area contributed by atoms with Crippen molar-refractivity contribution in [3.63, 3.8) is 0 Å². The SMILES string of the molecule is C=CC[C](CCO)CCO. The number of allylic oxidation sites excluding steroid dienone is 1. The molecule has 0 rings (SSSR count). The molecule has 0 aromatic carbocycles. The van der Waals surface area contributed by atoms with Crippen molar-refractivity contribution in [2.75, 3.05) is 13.2 Å². The molecule has 0 amide bonds. The summed E-state index contributed by atoms with van der Waals surface area (Å²) >= 11 is 0. The number of aliphatic hydroxyl groups excluding tert-OH is 2. The smallest absolute Gasteiger partial charge is 0.0436 e. The monoisotopic (exact) mass is 143 g/mol. The second kappa shape index (κ2) is 6.78. The molecule has 0 bridgehead atoms. The van der Waals surface area contributed by atoms with E-state index in [1.807, 2.05) is 0 Å². The number of rotatable bonds is 6. The second-order valence-corrected chi connectivity index (χ2v) is 2.19. The normalized spacial score (nSPS) is 10.3. The van der Waals surface area contributed by atoms with Gasteiger partial charge in [-0.15, -0.1) is 6.58 Å². The standard InChI is InChI=1S/C8H15O2/c1-2-3-8(4-6-9)5-7-10/h2,9-10H,1,3-7H2. The highest BCUT2D eigenvalue weighted by Crippen LogP contribution is 2.14. The molecule has 0 heterocycles. The lowest BCUT2D eigenvalue weighted by atomic mass is 9.99. The van der Waals surface area contributed by atoms with Crippen LogP contribution in [0.15, 0.2) is 12.7 Å². The molecule has 2 nitrogen and oxygen atoms in total. The minimum Gasteiger partial charge on any atom is -0.396 e. The molecule has 0 atom stereocenters. The number of hydrogen-bond acceptors (Lipinski definition) is 2.